The van der Waals surface area contributed by atoms with Gasteiger partial charge in [-0.05, 0) is 41.9 Å². The molecule has 2 unspecified atom stereocenters. The lowest BCUT2D eigenvalue weighted by Gasteiger charge is -2.24. The molecule has 2 heterocycles. The molecule has 0 spiro atoms. The summed E-state index contributed by atoms with van der Waals surface area (Å²) in [5.74, 6) is 0.611. The lowest BCUT2D eigenvalue weighted by molar-refractivity contribution is 0.574. The normalized spacial score (nSPS) is 27.4. The van der Waals surface area contributed by atoms with E-state index in [0.29, 0.717) is 12.0 Å². The van der Waals surface area contributed by atoms with Crippen LogP contribution in [0.1, 0.15) is 50.2 Å². The van der Waals surface area contributed by atoms with Gasteiger partial charge in [0.25, 0.3) is 0 Å². The Labute approximate surface area is 104 Å². The van der Waals surface area contributed by atoms with Crippen LogP contribution in [-0.2, 0) is 0 Å². The third-order valence-electron chi connectivity index (χ3n) is 4.07. The summed E-state index contributed by atoms with van der Waals surface area (Å²) >= 11 is 0. The van der Waals surface area contributed by atoms with Crippen molar-refractivity contribution in [2.45, 2.75) is 51.1 Å². The highest BCUT2D eigenvalue weighted by molar-refractivity contribution is 5.71. The molecule has 2 aliphatic heterocycles. The van der Waals surface area contributed by atoms with E-state index in [0.717, 1.165) is 6.04 Å². The zero-order valence-electron chi connectivity index (χ0n) is 10.7. The van der Waals surface area contributed by atoms with E-state index in [-0.39, 0.29) is 0 Å². The number of hydrogen-bond acceptors (Lipinski definition) is 1. The molecule has 0 amide bonds. The van der Waals surface area contributed by atoms with E-state index in [1.165, 1.54) is 30.4 Å². The van der Waals surface area contributed by atoms with Gasteiger partial charge in [-0.15, -0.1) is 0 Å². The van der Waals surface area contributed by atoms with Crippen molar-refractivity contribution in [2.75, 3.05) is 0 Å². The predicted octanol–water partition coefficient (Wildman–Crippen LogP) is 3.72. The monoisotopic (exact) mass is 227 g/mol. The van der Waals surface area contributed by atoms with Crippen LogP contribution in [0.4, 0.5) is 0 Å². The Kier molecular flexibility index (Phi) is 2.79. The lowest BCUT2D eigenvalue weighted by atomic mass is 9.88. The summed E-state index contributed by atoms with van der Waals surface area (Å²) in [5, 5.41) is 3.66. The first kappa shape index (κ1) is 11.0. The molecule has 17 heavy (non-hydrogen) atoms. The Balaban J connectivity index is 1.99. The predicted molar refractivity (Wildman–Crippen MR) is 73.1 cm³/mol. The second kappa shape index (κ2) is 4.30. The number of benzene rings is 1. The van der Waals surface area contributed by atoms with E-state index in [9.17, 15) is 0 Å². The maximum Gasteiger partial charge on any atom is 0.0259 e. The zero-order valence-corrected chi connectivity index (χ0v) is 10.7. The molecule has 0 radical (unpaired) electrons. The number of fused-ring (bicyclic) bond motifs is 2. The van der Waals surface area contributed by atoms with Crippen molar-refractivity contribution in [2.24, 2.45) is 0 Å². The average molecular weight is 227 g/mol. The van der Waals surface area contributed by atoms with Crippen molar-refractivity contribution in [3.8, 4) is 0 Å². The Bertz CT molecular complexity index is 445. The lowest BCUT2D eigenvalue weighted by Crippen LogP contribution is -2.32. The highest BCUT2D eigenvalue weighted by Gasteiger charge is 2.28. The fourth-order valence-corrected chi connectivity index (χ4v) is 3.21. The van der Waals surface area contributed by atoms with Crippen LogP contribution in [0.25, 0.3) is 5.57 Å². The first-order valence-corrected chi connectivity index (χ1v) is 6.80. The first-order chi connectivity index (χ1) is 8.24. The van der Waals surface area contributed by atoms with Gasteiger partial charge in [0.15, 0.2) is 0 Å². The molecule has 3 rings (SSSR count). The van der Waals surface area contributed by atoms with Gasteiger partial charge >= 0.3 is 0 Å². The third-order valence-corrected chi connectivity index (χ3v) is 4.07. The van der Waals surface area contributed by atoms with E-state index < -0.39 is 0 Å². The topological polar surface area (TPSA) is 12.0 Å². The standard InChI is InChI=1S/C16H21N/c1-11(2)15-5-3-4-6-16(15)12-9-13-7-8-14(10-12)17-13/h3-6,9,11,13-14,17H,7-8,10H2,1-2H3. The number of rotatable bonds is 2. The summed E-state index contributed by atoms with van der Waals surface area (Å²) < 4.78 is 0. The minimum atomic E-state index is 0.611. The van der Waals surface area contributed by atoms with Gasteiger partial charge in [-0.2, -0.15) is 0 Å². The summed E-state index contributed by atoms with van der Waals surface area (Å²) in [7, 11) is 0. The Morgan fingerprint density at radius 1 is 1.18 bits per heavy atom. The fourth-order valence-electron chi connectivity index (χ4n) is 3.21. The minimum Gasteiger partial charge on any atom is -0.307 e. The molecule has 1 saturated heterocycles. The van der Waals surface area contributed by atoms with Crippen LogP contribution in [0.15, 0.2) is 30.3 Å². The average Bonchev–Trinajstić information content (AvgIpc) is 2.68. The van der Waals surface area contributed by atoms with Crippen LogP contribution in [0.3, 0.4) is 0 Å². The summed E-state index contributed by atoms with van der Waals surface area (Å²) in [4.78, 5) is 0. The summed E-state index contributed by atoms with van der Waals surface area (Å²) in [6, 6.07) is 10.3. The smallest absolute Gasteiger partial charge is 0.0259 e. The summed E-state index contributed by atoms with van der Waals surface area (Å²) in [5.41, 5.74) is 4.56. The van der Waals surface area contributed by atoms with E-state index in [1.54, 1.807) is 5.57 Å². The van der Waals surface area contributed by atoms with Crippen molar-refractivity contribution in [3.05, 3.63) is 41.5 Å². The third kappa shape index (κ3) is 2.04. The van der Waals surface area contributed by atoms with Gasteiger partial charge in [-0.25, -0.2) is 0 Å². The molecule has 2 bridgehead atoms. The number of nitrogens with one attached hydrogen (secondary N) is 1. The van der Waals surface area contributed by atoms with Crippen LogP contribution >= 0.6 is 0 Å². The molecule has 1 nitrogen and oxygen atoms in total. The van der Waals surface area contributed by atoms with Gasteiger partial charge in [0, 0.05) is 12.1 Å². The molecule has 90 valence electrons. The summed E-state index contributed by atoms with van der Waals surface area (Å²) in [6.45, 7) is 4.57. The zero-order chi connectivity index (χ0) is 11.8. The Morgan fingerprint density at radius 3 is 2.76 bits per heavy atom. The van der Waals surface area contributed by atoms with Gasteiger partial charge in [0.1, 0.15) is 0 Å². The fraction of sp³-hybridized carbons (Fsp3) is 0.500. The highest BCUT2D eigenvalue weighted by atomic mass is 15.0. The quantitative estimate of drug-likeness (QED) is 0.812. The van der Waals surface area contributed by atoms with Gasteiger partial charge in [0.2, 0.25) is 0 Å². The van der Waals surface area contributed by atoms with Crippen molar-refractivity contribution in [3.63, 3.8) is 0 Å². The molecule has 1 N–H and O–H groups in total. The molecule has 1 fully saturated rings. The molecular formula is C16H21N. The second-order valence-corrected chi connectivity index (χ2v) is 5.69. The van der Waals surface area contributed by atoms with Gasteiger partial charge in [0.05, 0.1) is 0 Å². The minimum absolute atomic E-state index is 0.611. The van der Waals surface area contributed by atoms with Crippen LogP contribution in [0.2, 0.25) is 0 Å². The molecule has 0 aromatic heterocycles. The molecule has 2 atom stereocenters. The van der Waals surface area contributed by atoms with Crippen molar-refractivity contribution < 1.29 is 0 Å². The molecular weight excluding hydrogens is 206 g/mol. The summed E-state index contributed by atoms with van der Waals surface area (Å²) in [6.07, 6.45) is 6.33. The van der Waals surface area contributed by atoms with E-state index in [4.69, 9.17) is 0 Å². The molecule has 1 aromatic carbocycles. The first-order valence-electron chi connectivity index (χ1n) is 6.80. The van der Waals surface area contributed by atoms with Crippen molar-refractivity contribution in [1.29, 1.82) is 0 Å². The number of hydrogen-bond donors (Lipinski definition) is 1. The van der Waals surface area contributed by atoms with E-state index in [2.05, 4.69) is 49.5 Å². The molecule has 1 heteroatoms. The van der Waals surface area contributed by atoms with E-state index in [1.807, 2.05) is 0 Å². The Hall–Kier alpha value is -1.08. The SMILES string of the molecule is CC(C)c1ccccc1C1=CC2CCC(C1)N2. The van der Waals surface area contributed by atoms with Crippen LogP contribution in [0.5, 0.6) is 0 Å². The van der Waals surface area contributed by atoms with Crippen LogP contribution < -0.4 is 5.32 Å². The van der Waals surface area contributed by atoms with E-state index >= 15 is 0 Å². The highest BCUT2D eigenvalue weighted by Crippen LogP contribution is 2.35. The molecule has 0 aliphatic carbocycles. The van der Waals surface area contributed by atoms with Crippen molar-refractivity contribution >= 4 is 5.57 Å². The van der Waals surface area contributed by atoms with Crippen LogP contribution in [0, 0.1) is 0 Å². The second-order valence-electron chi connectivity index (χ2n) is 5.69. The van der Waals surface area contributed by atoms with Crippen molar-refractivity contribution in [1.82, 2.24) is 5.32 Å². The van der Waals surface area contributed by atoms with Gasteiger partial charge < -0.3 is 5.32 Å². The van der Waals surface area contributed by atoms with Gasteiger partial charge in [-0.3, -0.25) is 0 Å². The Morgan fingerprint density at radius 2 is 2.00 bits per heavy atom. The van der Waals surface area contributed by atoms with Crippen LogP contribution in [-0.4, -0.2) is 12.1 Å². The molecule has 0 saturated carbocycles. The van der Waals surface area contributed by atoms with Gasteiger partial charge in [-0.1, -0.05) is 44.2 Å². The largest absolute Gasteiger partial charge is 0.307 e. The maximum absolute atomic E-state index is 3.66. The molecule has 2 aliphatic rings. The maximum atomic E-state index is 3.66. The molecule has 1 aromatic rings.